The molecule has 4 rings (SSSR count). The lowest BCUT2D eigenvalue weighted by Gasteiger charge is -2.67. The van der Waals surface area contributed by atoms with E-state index < -0.39 is 5.60 Å². The summed E-state index contributed by atoms with van der Waals surface area (Å²) in [6.45, 7) is 17.5. The number of fused-ring (bicyclic) bond motifs is 5. The Balaban J connectivity index is 1.70. The van der Waals surface area contributed by atoms with E-state index in [4.69, 9.17) is 0 Å². The van der Waals surface area contributed by atoms with Crippen LogP contribution in [0.4, 0.5) is 0 Å². The average Bonchev–Trinajstić information content (AvgIpc) is 3.08. The second-order valence-corrected chi connectivity index (χ2v) is 13.7. The van der Waals surface area contributed by atoms with Crippen molar-refractivity contribution >= 4 is 11.6 Å². The molecule has 184 valence electrons. The maximum atomic E-state index is 13.9. The maximum Gasteiger partial charge on any atom is 0.161 e. The van der Waals surface area contributed by atoms with E-state index in [0.29, 0.717) is 18.6 Å². The molecule has 4 unspecified atom stereocenters. The van der Waals surface area contributed by atoms with E-state index in [1.54, 1.807) is 0 Å². The fourth-order valence-corrected chi connectivity index (χ4v) is 9.28. The number of aliphatic hydroxyl groups is 1. The zero-order chi connectivity index (χ0) is 24.6. The van der Waals surface area contributed by atoms with Gasteiger partial charge in [-0.1, -0.05) is 52.3 Å². The Labute approximate surface area is 201 Å². The first-order chi connectivity index (χ1) is 15.1. The summed E-state index contributed by atoms with van der Waals surface area (Å²) >= 11 is 0. The van der Waals surface area contributed by atoms with Gasteiger partial charge in [0, 0.05) is 17.8 Å². The molecule has 1 N–H and O–H groups in total. The highest BCUT2D eigenvalue weighted by molar-refractivity contribution is 5.96. The first kappa shape index (κ1) is 24.9. The van der Waals surface area contributed by atoms with Crippen LogP contribution in [0.15, 0.2) is 23.8 Å². The van der Waals surface area contributed by atoms with Gasteiger partial charge >= 0.3 is 0 Å². The van der Waals surface area contributed by atoms with Crippen molar-refractivity contribution in [2.24, 2.45) is 45.3 Å². The highest BCUT2D eigenvalue weighted by Crippen LogP contribution is 2.74. The van der Waals surface area contributed by atoms with Gasteiger partial charge in [-0.3, -0.25) is 9.59 Å². The fraction of sp³-hybridized carbons (Fsp3) is 0.800. The number of carbonyl (C=O) groups excluding carboxylic acids is 2. The number of Topliss-reactive ketones (excluding diaryl/α,β-unsaturated/α-hetero) is 1. The smallest absolute Gasteiger partial charge is 0.161 e. The summed E-state index contributed by atoms with van der Waals surface area (Å²) in [5.41, 5.74) is -0.143. The number of hydrogen-bond donors (Lipinski definition) is 1. The second-order valence-electron chi connectivity index (χ2n) is 13.7. The monoisotopic (exact) mass is 454 g/mol. The summed E-state index contributed by atoms with van der Waals surface area (Å²) in [6.07, 6.45) is 12.4. The number of rotatable bonds is 4. The van der Waals surface area contributed by atoms with Crippen LogP contribution in [0.25, 0.3) is 0 Å². The van der Waals surface area contributed by atoms with Crippen molar-refractivity contribution in [1.82, 2.24) is 0 Å². The number of allylic oxidation sites excluding steroid dienone is 4. The molecule has 0 bridgehead atoms. The molecular formula is C30H46O3. The second kappa shape index (κ2) is 7.64. The highest BCUT2D eigenvalue weighted by Gasteiger charge is 2.71. The normalized spacial score (nSPS) is 45.6. The van der Waals surface area contributed by atoms with E-state index in [2.05, 4.69) is 60.6 Å². The van der Waals surface area contributed by atoms with E-state index in [1.807, 2.05) is 13.0 Å². The zero-order valence-corrected chi connectivity index (χ0v) is 22.3. The van der Waals surface area contributed by atoms with Gasteiger partial charge in [0.1, 0.15) is 5.78 Å². The summed E-state index contributed by atoms with van der Waals surface area (Å²) in [6, 6.07) is 0. The Morgan fingerprint density at radius 2 is 1.70 bits per heavy atom. The van der Waals surface area contributed by atoms with Crippen LogP contribution < -0.4 is 0 Å². The standard InChI is InChI=1S/C30H46O3/c1-19(2)10-9-14-30(8,33)20-11-16-29(7)25(20)21(31)18-23-27(5)15-13-24(32)26(3,4)22(27)12-17-28(23,29)6/h10,13,15,20,22-23,25,33H,9,11-12,14,16-18H2,1-8H3/t20?,22?,23?,25?,27-,28+,29+,30-/m0/s1. The van der Waals surface area contributed by atoms with Crippen LogP contribution in [0.2, 0.25) is 0 Å². The van der Waals surface area contributed by atoms with E-state index in [9.17, 15) is 14.7 Å². The van der Waals surface area contributed by atoms with Gasteiger partial charge in [-0.15, -0.1) is 0 Å². The molecule has 0 aromatic carbocycles. The third-order valence-corrected chi connectivity index (χ3v) is 11.4. The summed E-state index contributed by atoms with van der Waals surface area (Å²) < 4.78 is 0. The molecule has 3 saturated carbocycles. The van der Waals surface area contributed by atoms with Gasteiger partial charge in [-0.25, -0.2) is 0 Å². The molecule has 0 aromatic heterocycles. The van der Waals surface area contributed by atoms with Crippen LogP contribution in [0.1, 0.15) is 100 Å². The Hall–Kier alpha value is -1.22. The minimum atomic E-state index is -0.826. The Morgan fingerprint density at radius 1 is 1.06 bits per heavy atom. The van der Waals surface area contributed by atoms with Crippen molar-refractivity contribution in [3.05, 3.63) is 23.8 Å². The summed E-state index contributed by atoms with van der Waals surface area (Å²) in [4.78, 5) is 26.7. The van der Waals surface area contributed by atoms with Crippen LogP contribution in [0, 0.1) is 45.3 Å². The van der Waals surface area contributed by atoms with Gasteiger partial charge in [0.25, 0.3) is 0 Å². The third kappa shape index (κ3) is 3.39. The van der Waals surface area contributed by atoms with E-state index in [1.165, 1.54) is 5.57 Å². The molecular weight excluding hydrogens is 408 g/mol. The topological polar surface area (TPSA) is 54.4 Å². The van der Waals surface area contributed by atoms with Crippen LogP contribution >= 0.6 is 0 Å². The Bertz CT molecular complexity index is 904. The molecule has 0 saturated heterocycles. The Kier molecular flexibility index (Phi) is 5.76. The largest absolute Gasteiger partial charge is 0.390 e. The van der Waals surface area contributed by atoms with Gasteiger partial charge in [0.2, 0.25) is 0 Å². The minimum Gasteiger partial charge on any atom is -0.390 e. The predicted molar refractivity (Wildman–Crippen MR) is 134 cm³/mol. The Morgan fingerprint density at radius 3 is 2.33 bits per heavy atom. The van der Waals surface area contributed by atoms with Crippen LogP contribution in [0.5, 0.6) is 0 Å². The van der Waals surface area contributed by atoms with Crippen LogP contribution in [0.3, 0.4) is 0 Å². The van der Waals surface area contributed by atoms with Gasteiger partial charge < -0.3 is 5.11 Å². The molecule has 0 spiro atoms. The van der Waals surface area contributed by atoms with E-state index >= 15 is 0 Å². The number of hydrogen-bond acceptors (Lipinski definition) is 3. The first-order valence-corrected chi connectivity index (χ1v) is 13.2. The number of ketones is 2. The van der Waals surface area contributed by atoms with Crippen molar-refractivity contribution in [1.29, 1.82) is 0 Å². The van der Waals surface area contributed by atoms with Crippen molar-refractivity contribution < 1.29 is 14.7 Å². The maximum absolute atomic E-state index is 13.9. The molecule has 0 aliphatic heterocycles. The molecule has 0 heterocycles. The lowest BCUT2D eigenvalue weighted by atomic mass is 9.36. The lowest BCUT2D eigenvalue weighted by Crippen LogP contribution is -2.64. The zero-order valence-electron chi connectivity index (χ0n) is 22.3. The summed E-state index contributed by atoms with van der Waals surface area (Å²) in [7, 11) is 0. The lowest BCUT2D eigenvalue weighted by molar-refractivity contribution is -0.188. The molecule has 3 nitrogen and oxygen atoms in total. The molecule has 0 radical (unpaired) electrons. The van der Waals surface area contributed by atoms with Gasteiger partial charge in [-0.2, -0.15) is 0 Å². The number of carbonyl (C=O) groups is 2. The first-order valence-electron chi connectivity index (χ1n) is 13.2. The van der Waals surface area contributed by atoms with Crippen molar-refractivity contribution in [3.8, 4) is 0 Å². The fourth-order valence-electron chi connectivity index (χ4n) is 9.28. The van der Waals surface area contributed by atoms with Gasteiger partial charge in [-0.05, 0) is 99.4 Å². The molecule has 4 aliphatic rings. The molecule has 4 aliphatic carbocycles. The molecule has 0 amide bonds. The van der Waals surface area contributed by atoms with Crippen molar-refractivity contribution in [2.45, 2.75) is 106 Å². The van der Waals surface area contributed by atoms with Crippen molar-refractivity contribution in [2.75, 3.05) is 0 Å². The van der Waals surface area contributed by atoms with Gasteiger partial charge in [0.05, 0.1) is 5.60 Å². The van der Waals surface area contributed by atoms with Gasteiger partial charge in [0.15, 0.2) is 5.78 Å². The third-order valence-electron chi connectivity index (χ3n) is 11.4. The predicted octanol–water partition coefficient (Wildman–Crippen LogP) is 6.69. The average molecular weight is 455 g/mol. The van der Waals surface area contributed by atoms with E-state index in [-0.39, 0.29) is 51.1 Å². The molecule has 3 heteroatoms. The summed E-state index contributed by atoms with van der Waals surface area (Å²) in [5, 5.41) is 11.6. The van der Waals surface area contributed by atoms with Crippen LogP contribution in [-0.2, 0) is 9.59 Å². The van der Waals surface area contributed by atoms with E-state index in [0.717, 1.165) is 32.1 Å². The molecule has 33 heavy (non-hydrogen) atoms. The van der Waals surface area contributed by atoms with Crippen molar-refractivity contribution in [3.63, 3.8) is 0 Å². The quantitative estimate of drug-likeness (QED) is 0.481. The molecule has 3 fully saturated rings. The van der Waals surface area contributed by atoms with Crippen LogP contribution in [-0.4, -0.2) is 22.3 Å². The SMILES string of the molecule is CC(C)=CCC[C@](C)(O)C1CC[C@]2(C)C1C(=O)CC1[C@@]3(C)C=CC(=O)C(C)(C)C3CC[C@]12C. The molecule has 0 aromatic rings. The molecule has 8 atom stereocenters. The minimum absolute atomic E-state index is 0.0301. The highest BCUT2D eigenvalue weighted by atomic mass is 16.3. The summed E-state index contributed by atoms with van der Waals surface area (Å²) in [5.74, 6) is 1.07.